The van der Waals surface area contributed by atoms with Gasteiger partial charge in [0.2, 0.25) is 5.69 Å². The van der Waals surface area contributed by atoms with E-state index in [0.717, 1.165) is 15.8 Å². The zero-order chi connectivity index (χ0) is 20.4. The second kappa shape index (κ2) is 7.72. The first-order chi connectivity index (χ1) is 14.1. The minimum Gasteiger partial charge on any atom is -0.616 e. The SMILES string of the molecule is COc1c(C(=O)Nc2nc3ccccc3s2)[nH]c(=O)c(Cc2ccccc2)[n+]1[O-]. The monoisotopic (exact) mass is 408 g/mol. The van der Waals surface area contributed by atoms with Gasteiger partial charge in [-0.3, -0.25) is 14.9 Å². The number of nitrogens with zero attached hydrogens (tertiary/aromatic N) is 2. The van der Waals surface area contributed by atoms with Gasteiger partial charge in [-0.15, -0.1) is 4.73 Å². The number of methoxy groups -OCH3 is 1. The maximum absolute atomic E-state index is 12.7. The molecule has 4 rings (SSSR count). The summed E-state index contributed by atoms with van der Waals surface area (Å²) in [6, 6.07) is 16.5. The molecule has 4 aromatic rings. The van der Waals surface area contributed by atoms with E-state index in [1.165, 1.54) is 18.4 Å². The van der Waals surface area contributed by atoms with Gasteiger partial charge in [-0.05, 0) is 17.7 Å². The number of carbonyl (C=O) groups is 1. The van der Waals surface area contributed by atoms with Crippen molar-refractivity contribution in [2.24, 2.45) is 0 Å². The molecule has 8 nitrogen and oxygen atoms in total. The third-order valence-corrected chi connectivity index (χ3v) is 5.25. The van der Waals surface area contributed by atoms with Crippen LogP contribution in [-0.2, 0) is 6.42 Å². The molecule has 2 aromatic heterocycles. The number of hydrogen-bond acceptors (Lipinski definition) is 6. The van der Waals surface area contributed by atoms with Crippen LogP contribution in [0.1, 0.15) is 21.7 Å². The van der Waals surface area contributed by atoms with Crippen LogP contribution in [0.2, 0.25) is 0 Å². The van der Waals surface area contributed by atoms with Gasteiger partial charge in [0.1, 0.15) is 0 Å². The van der Waals surface area contributed by atoms with Crippen LogP contribution in [0.15, 0.2) is 59.4 Å². The zero-order valence-electron chi connectivity index (χ0n) is 15.3. The molecule has 0 atom stereocenters. The van der Waals surface area contributed by atoms with Crippen LogP contribution in [0.3, 0.4) is 0 Å². The van der Waals surface area contributed by atoms with E-state index in [-0.39, 0.29) is 23.7 Å². The topological polar surface area (TPSA) is 111 Å². The molecule has 9 heteroatoms. The number of aromatic amines is 1. The molecule has 2 aromatic carbocycles. The van der Waals surface area contributed by atoms with E-state index in [1.807, 2.05) is 42.5 Å². The summed E-state index contributed by atoms with van der Waals surface area (Å²) in [6.45, 7) is 0. The van der Waals surface area contributed by atoms with Crippen LogP contribution in [0.5, 0.6) is 5.88 Å². The van der Waals surface area contributed by atoms with E-state index in [1.54, 1.807) is 12.1 Å². The Morgan fingerprint density at radius 1 is 1.21 bits per heavy atom. The van der Waals surface area contributed by atoms with Crippen LogP contribution in [0.4, 0.5) is 5.13 Å². The molecular weight excluding hydrogens is 392 g/mol. The van der Waals surface area contributed by atoms with Crippen molar-refractivity contribution in [3.05, 3.63) is 87.1 Å². The van der Waals surface area contributed by atoms with Crippen LogP contribution in [0, 0.1) is 5.21 Å². The molecule has 1 amide bonds. The number of nitrogens with one attached hydrogen (secondary N) is 2. The second-order valence-corrected chi connectivity index (χ2v) is 7.21. The Kier molecular flexibility index (Phi) is 4.96. The molecule has 0 aliphatic heterocycles. The van der Waals surface area contributed by atoms with Crippen molar-refractivity contribution in [1.29, 1.82) is 0 Å². The number of rotatable bonds is 5. The number of anilines is 1. The number of benzene rings is 2. The average molecular weight is 408 g/mol. The number of para-hydroxylation sites is 1. The number of fused-ring (bicyclic) bond motifs is 1. The van der Waals surface area contributed by atoms with Gasteiger partial charge in [0, 0.05) is 0 Å². The Morgan fingerprint density at radius 3 is 2.66 bits per heavy atom. The molecule has 29 heavy (non-hydrogen) atoms. The highest BCUT2D eigenvalue weighted by Gasteiger charge is 2.28. The summed E-state index contributed by atoms with van der Waals surface area (Å²) >= 11 is 1.29. The quantitative estimate of drug-likeness (QED) is 0.389. The molecule has 0 saturated carbocycles. The van der Waals surface area contributed by atoms with Crippen LogP contribution in [-0.4, -0.2) is 23.0 Å². The summed E-state index contributed by atoms with van der Waals surface area (Å²) in [5.41, 5.74) is 0.550. The van der Waals surface area contributed by atoms with Crippen molar-refractivity contribution in [2.75, 3.05) is 12.4 Å². The maximum atomic E-state index is 12.7. The molecule has 0 aliphatic carbocycles. The van der Waals surface area contributed by atoms with Crippen molar-refractivity contribution in [3.8, 4) is 5.88 Å². The molecule has 2 heterocycles. The maximum Gasteiger partial charge on any atom is 0.409 e. The molecule has 0 spiro atoms. The number of amides is 1. The molecular formula is C20H16N4O4S. The molecule has 0 aliphatic rings. The summed E-state index contributed by atoms with van der Waals surface area (Å²) in [6.07, 6.45) is 0.107. The van der Waals surface area contributed by atoms with Gasteiger partial charge >= 0.3 is 11.4 Å². The number of H-pyrrole nitrogens is 1. The van der Waals surface area contributed by atoms with Crippen LogP contribution in [0.25, 0.3) is 10.2 Å². The van der Waals surface area contributed by atoms with E-state index in [4.69, 9.17) is 4.74 Å². The fourth-order valence-corrected chi connectivity index (χ4v) is 3.78. The highest BCUT2D eigenvalue weighted by Crippen LogP contribution is 2.26. The average Bonchev–Trinajstić information content (AvgIpc) is 3.13. The smallest absolute Gasteiger partial charge is 0.409 e. The summed E-state index contributed by atoms with van der Waals surface area (Å²) in [7, 11) is 1.27. The minimum atomic E-state index is -0.686. The predicted octanol–water partition coefficient (Wildman–Crippen LogP) is 2.47. The molecule has 0 saturated heterocycles. The Balaban J connectivity index is 1.67. The van der Waals surface area contributed by atoms with Crippen molar-refractivity contribution in [1.82, 2.24) is 9.97 Å². The first-order valence-corrected chi connectivity index (χ1v) is 9.52. The number of aromatic nitrogens is 3. The third-order valence-electron chi connectivity index (χ3n) is 4.29. The predicted molar refractivity (Wildman–Crippen MR) is 109 cm³/mol. The first-order valence-electron chi connectivity index (χ1n) is 8.70. The summed E-state index contributed by atoms with van der Waals surface area (Å²) in [5.74, 6) is -0.969. The van der Waals surface area contributed by atoms with Crippen molar-refractivity contribution in [3.63, 3.8) is 0 Å². The second-order valence-electron chi connectivity index (χ2n) is 6.18. The lowest BCUT2D eigenvalue weighted by Crippen LogP contribution is -2.43. The van der Waals surface area contributed by atoms with E-state index in [9.17, 15) is 14.8 Å². The Labute approximate surface area is 169 Å². The first kappa shape index (κ1) is 18.6. The molecule has 0 bridgehead atoms. The number of ether oxygens (including phenoxy) is 1. The van der Waals surface area contributed by atoms with Gasteiger partial charge in [0.15, 0.2) is 5.13 Å². The summed E-state index contributed by atoms with van der Waals surface area (Å²) in [4.78, 5) is 32.0. The zero-order valence-corrected chi connectivity index (χ0v) is 16.2. The highest BCUT2D eigenvalue weighted by atomic mass is 32.1. The molecule has 0 fully saturated rings. The Morgan fingerprint density at radius 2 is 1.93 bits per heavy atom. The van der Waals surface area contributed by atoms with Crippen molar-refractivity contribution in [2.45, 2.75) is 6.42 Å². The lowest BCUT2D eigenvalue weighted by molar-refractivity contribution is -0.621. The van der Waals surface area contributed by atoms with E-state index >= 15 is 0 Å². The van der Waals surface area contributed by atoms with E-state index in [0.29, 0.717) is 9.86 Å². The number of carbonyl (C=O) groups excluding carboxylic acids is 1. The lowest BCUT2D eigenvalue weighted by Gasteiger charge is -2.11. The highest BCUT2D eigenvalue weighted by molar-refractivity contribution is 7.22. The fourth-order valence-electron chi connectivity index (χ4n) is 2.92. The standard InChI is InChI=1S/C20H16N4O4S/c1-28-19-16(18(26)23-20-21-13-9-5-6-10-15(13)29-20)22-17(25)14(24(19)27)11-12-7-3-2-4-8-12/h2-10H,11H2,1H3,(H,22,25)(H,21,23,26). The largest absolute Gasteiger partial charge is 0.616 e. The molecule has 0 unspecified atom stereocenters. The number of hydrogen-bond donors (Lipinski definition) is 2. The normalized spacial score (nSPS) is 10.8. The Hall–Kier alpha value is -3.72. The fraction of sp³-hybridized carbons (Fsp3) is 0.100. The van der Waals surface area contributed by atoms with Gasteiger partial charge in [0.25, 0.3) is 11.6 Å². The van der Waals surface area contributed by atoms with Crippen LogP contribution >= 0.6 is 11.3 Å². The minimum absolute atomic E-state index is 0.0652. The summed E-state index contributed by atoms with van der Waals surface area (Å²) < 4.78 is 6.39. The van der Waals surface area contributed by atoms with Crippen molar-refractivity contribution < 1.29 is 14.3 Å². The van der Waals surface area contributed by atoms with E-state index in [2.05, 4.69) is 15.3 Å². The van der Waals surface area contributed by atoms with Gasteiger partial charge in [-0.2, -0.15) is 0 Å². The molecule has 2 N–H and O–H groups in total. The van der Waals surface area contributed by atoms with Gasteiger partial charge in [0.05, 0.1) is 23.7 Å². The van der Waals surface area contributed by atoms with Gasteiger partial charge in [-0.25, -0.2) is 4.98 Å². The van der Waals surface area contributed by atoms with E-state index < -0.39 is 11.5 Å². The van der Waals surface area contributed by atoms with Gasteiger partial charge in [-0.1, -0.05) is 53.8 Å². The molecule has 146 valence electrons. The number of thiazole rings is 1. The third kappa shape index (κ3) is 3.67. The lowest BCUT2D eigenvalue weighted by atomic mass is 10.1. The van der Waals surface area contributed by atoms with Crippen molar-refractivity contribution >= 4 is 32.6 Å². The summed E-state index contributed by atoms with van der Waals surface area (Å²) in [5, 5.41) is 15.7. The Bertz CT molecular complexity index is 1220. The van der Waals surface area contributed by atoms with Crippen LogP contribution < -0.4 is 20.3 Å². The molecule has 0 radical (unpaired) electrons. The van der Waals surface area contributed by atoms with Gasteiger partial charge < -0.3 is 14.9 Å².